The first-order chi connectivity index (χ1) is 12.1. The van der Waals surface area contributed by atoms with Crippen LogP contribution in [0.4, 0.5) is 23.1 Å². The van der Waals surface area contributed by atoms with Gasteiger partial charge in [-0.2, -0.15) is 10.1 Å². The van der Waals surface area contributed by atoms with Crippen molar-refractivity contribution in [3.05, 3.63) is 65.4 Å². The van der Waals surface area contributed by atoms with Crippen LogP contribution in [0.3, 0.4) is 0 Å². The second-order valence-corrected chi connectivity index (χ2v) is 6.09. The fraction of sp³-hybridized carbons (Fsp3) is 0.250. The largest absolute Gasteiger partial charge is 0.325 e. The zero-order chi connectivity index (χ0) is 17.8. The summed E-state index contributed by atoms with van der Waals surface area (Å²) < 4.78 is 0. The lowest BCUT2D eigenvalue weighted by Gasteiger charge is -2.22. The van der Waals surface area contributed by atoms with E-state index >= 15 is 0 Å². The number of nitrogens with zero attached hydrogens (tertiary/aromatic N) is 4. The van der Waals surface area contributed by atoms with Crippen LogP contribution in [0.25, 0.3) is 0 Å². The first-order valence-electron chi connectivity index (χ1n) is 8.45. The van der Waals surface area contributed by atoms with Gasteiger partial charge >= 0.3 is 0 Å². The Morgan fingerprint density at radius 3 is 2.60 bits per heavy atom. The molecule has 0 spiro atoms. The van der Waals surface area contributed by atoms with E-state index in [1.165, 1.54) is 16.7 Å². The highest BCUT2D eigenvalue weighted by molar-refractivity contribution is 5.63. The number of hydrogen-bond acceptors (Lipinski definition) is 5. The van der Waals surface area contributed by atoms with Crippen LogP contribution in [0.2, 0.25) is 0 Å². The maximum atomic E-state index is 4.66. The second-order valence-electron chi connectivity index (χ2n) is 6.09. The van der Waals surface area contributed by atoms with E-state index in [1.807, 2.05) is 12.1 Å². The van der Waals surface area contributed by atoms with Gasteiger partial charge in [0, 0.05) is 17.9 Å². The quantitative estimate of drug-likeness (QED) is 0.733. The van der Waals surface area contributed by atoms with E-state index in [9.17, 15) is 0 Å². The Bertz CT molecular complexity index is 875. The summed E-state index contributed by atoms with van der Waals surface area (Å²) in [4.78, 5) is 6.78. The monoisotopic (exact) mass is 333 g/mol. The molecule has 0 aliphatic carbocycles. The lowest BCUT2D eigenvalue weighted by molar-refractivity contribution is 0.921. The predicted molar refractivity (Wildman–Crippen MR) is 103 cm³/mol. The first-order valence-corrected chi connectivity index (χ1v) is 8.45. The Labute approximate surface area is 148 Å². The minimum absolute atomic E-state index is 0.498. The van der Waals surface area contributed by atoms with Gasteiger partial charge < -0.3 is 10.2 Å². The molecular weight excluding hydrogens is 310 g/mol. The Morgan fingerprint density at radius 1 is 1.04 bits per heavy atom. The summed E-state index contributed by atoms with van der Waals surface area (Å²) in [7, 11) is 0. The van der Waals surface area contributed by atoms with Crippen molar-refractivity contribution in [3.8, 4) is 0 Å². The molecule has 3 rings (SSSR count). The molecule has 1 N–H and O–H groups in total. The van der Waals surface area contributed by atoms with Gasteiger partial charge in [0.25, 0.3) is 0 Å². The number of hydrogen-bond donors (Lipinski definition) is 1. The lowest BCUT2D eigenvalue weighted by Crippen LogP contribution is -2.18. The minimum atomic E-state index is 0.498. The van der Waals surface area contributed by atoms with E-state index in [0.717, 1.165) is 23.7 Å². The van der Waals surface area contributed by atoms with Gasteiger partial charge in [0.1, 0.15) is 0 Å². The average Bonchev–Trinajstić information content (AvgIpc) is 2.60. The molecule has 3 aromatic rings. The fourth-order valence-electron chi connectivity index (χ4n) is 2.76. The van der Waals surface area contributed by atoms with Crippen LogP contribution in [-0.2, 0) is 0 Å². The molecular formula is C20H23N5. The summed E-state index contributed by atoms with van der Waals surface area (Å²) in [5, 5.41) is 11.6. The van der Waals surface area contributed by atoms with Gasteiger partial charge in [-0.15, -0.1) is 5.10 Å². The third kappa shape index (κ3) is 3.76. The Morgan fingerprint density at radius 2 is 1.84 bits per heavy atom. The molecule has 1 heterocycles. The van der Waals surface area contributed by atoms with Crippen LogP contribution in [0.5, 0.6) is 0 Å². The molecule has 0 saturated heterocycles. The molecule has 0 atom stereocenters. The number of nitrogens with one attached hydrogen (secondary N) is 1. The highest BCUT2D eigenvalue weighted by atomic mass is 15.3. The number of benzene rings is 2. The molecule has 0 amide bonds. The molecule has 5 heteroatoms. The molecule has 0 aliphatic rings. The molecule has 0 radical (unpaired) electrons. The summed E-state index contributed by atoms with van der Waals surface area (Å²) >= 11 is 0. The van der Waals surface area contributed by atoms with Crippen molar-refractivity contribution >= 4 is 23.1 Å². The molecule has 0 fully saturated rings. The fourth-order valence-corrected chi connectivity index (χ4v) is 2.76. The van der Waals surface area contributed by atoms with Gasteiger partial charge in [-0.05, 0) is 62.6 Å². The molecule has 25 heavy (non-hydrogen) atoms. The standard InChI is InChI=1S/C20H23N5/c1-5-25(17-10-6-8-14(2)12-17)19-13-21-24-20(23-19)22-18-11-7-9-15(3)16(18)4/h6-13H,5H2,1-4H3,(H,22,23,24). The highest BCUT2D eigenvalue weighted by Crippen LogP contribution is 2.25. The third-order valence-corrected chi connectivity index (χ3v) is 4.30. The molecule has 1 aromatic heterocycles. The molecule has 0 bridgehead atoms. The van der Waals surface area contributed by atoms with Gasteiger partial charge in [0.2, 0.25) is 5.95 Å². The van der Waals surface area contributed by atoms with E-state index < -0.39 is 0 Å². The van der Waals surface area contributed by atoms with Crippen LogP contribution >= 0.6 is 0 Å². The number of aryl methyl sites for hydroxylation is 2. The van der Waals surface area contributed by atoms with Crippen LogP contribution in [0, 0.1) is 20.8 Å². The SMILES string of the molecule is CCN(c1cccc(C)c1)c1cnnc(Nc2cccc(C)c2C)n1. The summed E-state index contributed by atoms with van der Waals surface area (Å²) in [6, 6.07) is 14.5. The number of rotatable bonds is 5. The van der Waals surface area contributed by atoms with Crippen molar-refractivity contribution in [1.82, 2.24) is 15.2 Å². The lowest BCUT2D eigenvalue weighted by atomic mass is 10.1. The van der Waals surface area contributed by atoms with E-state index in [-0.39, 0.29) is 0 Å². The topological polar surface area (TPSA) is 53.9 Å². The van der Waals surface area contributed by atoms with Gasteiger partial charge in [-0.25, -0.2) is 0 Å². The van der Waals surface area contributed by atoms with E-state index in [1.54, 1.807) is 6.20 Å². The minimum Gasteiger partial charge on any atom is -0.325 e. The van der Waals surface area contributed by atoms with E-state index in [0.29, 0.717) is 5.95 Å². The van der Waals surface area contributed by atoms with Crippen molar-refractivity contribution in [3.63, 3.8) is 0 Å². The Kier molecular flexibility index (Phi) is 4.93. The van der Waals surface area contributed by atoms with Crippen LogP contribution < -0.4 is 10.2 Å². The van der Waals surface area contributed by atoms with Crippen molar-refractivity contribution in [1.29, 1.82) is 0 Å². The third-order valence-electron chi connectivity index (χ3n) is 4.30. The average molecular weight is 333 g/mol. The molecule has 0 saturated carbocycles. The molecule has 0 unspecified atom stereocenters. The Hall–Kier alpha value is -2.95. The van der Waals surface area contributed by atoms with Gasteiger partial charge in [0.15, 0.2) is 5.82 Å². The zero-order valence-corrected chi connectivity index (χ0v) is 15.1. The van der Waals surface area contributed by atoms with Crippen LogP contribution in [0.15, 0.2) is 48.7 Å². The van der Waals surface area contributed by atoms with Crippen molar-refractivity contribution in [2.45, 2.75) is 27.7 Å². The van der Waals surface area contributed by atoms with Crippen molar-refractivity contribution in [2.75, 3.05) is 16.8 Å². The molecule has 0 aliphatic heterocycles. The van der Waals surface area contributed by atoms with Crippen LogP contribution in [-0.4, -0.2) is 21.7 Å². The summed E-state index contributed by atoms with van der Waals surface area (Å²) in [6.45, 7) is 9.16. The molecule has 128 valence electrons. The second kappa shape index (κ2) is 7.30. The Balaban J connectivity index is 1.91. The van der Waals surface area contributed by atoms with Crippen molar-refractivity contribution < 1.29 is 0 Å². The summed E-state index contributed by atoms with van der Waals surface area (Å²) in [5.41, 5.74) is 5.72. The van der Waals surface area contributed by atoms with Gasteiger partial charge in [-0.1, -0.05) is 24.3 Å². The first kappa shape index (κ1) is 16.9. The van der Waals surface area contributed by atoms with Crippen LogP contribution in [0.1, 0.15) is 23.6 Å². The van der Waals surface area contributed by atoms with Gasteiger partial charge in [-0.3, -0.25) is 0 Å². The molecule has 5 nitrogen and oxygen atoms in total. The maximum absolute atomic E-state index is 4.66. The number of anilines is 4. The van der Waals surface area contributed by atoms with E-state index in [4.69, 9.17) is 0 Å². The predicted octanol–water partition coefficient (Wildman–Crippen LogP) is 4.70. The normalized spacial score (nSPS) is 10.6. The maximum Gasteiger partial charge on any atom is 0.249 e. The highest BCUT2D eigenvalue weighted by Gasteiger charge is 2.11. The smallest absolute Gasteiger partial charge is 0.249 e. The zero-order valence-electron chi connectivity index (χ0n) is 15.1. The number of aromatic nitrogens is 3. The van der Waals surface area contributed by atoms with Crippen molar-refractivity contribution in [2.24, 2.45) is 0 Å². The van der Waals surface area contributed by atoms with Gasteiger partial charge in [0.05, 0.1) is 6.20 Å². The summed E-state index contributed by atoms with van der Waals surface area (Å²) in [6.07, 6.45) is 1.69. The molecule has 2 aromatic carbocycles. The summed E-state index contributed by atoms with van der Waals surface area (Å²) in [5.74, 6) is 1.27. The van der Waals surface area contributed by atoms with E-state index in [2.05, 4.69) is 83.4 Å².